The minimum atomic E-state index is -0.469. The third-order valence-electron chi connectivity index (χ3n) is 4.80. The van der Waals surface area contributed by atoms with E-state index in [2.05, 4.69) is 15.7 Å². The van der Waals surface area contributed by atoms with E-state index in [1.54, 1.807) is 66.5 Å². The van der Waals surface area contributed by atoms with Crippen LogP contribution >= 0.6 is 0 Å². The largest absolute Gasteiger partial charge is 0.493 e. The molecule has 32 heavy (non-hydrogen) atoms. The summed E-state index contributed by atoms with van der Waals surface area (Å²) in [5, 5.41) is 9.77. The summed E-state index contributed by atoms with van der Waals surface area (Å²) < 4.78 is 17.5. The Kier molecular flexibility index (Phi) is 7.33. The Bertz CT molecular complexity index is 1060. The fourth-order valence-electron chi connectivity index (χ4n) is 3.18. The lowest BCUT2D eigenvalue weighted by Gasteiger charge is -2.15. The third-order valence-corrected chi connectivity index (χ3v) is 4.80. The molecule has 0 saturated heterocycles. The first kappa shape index (κ1) is 22.7. The SMILES string of the molecule is COc1cc(CC(=O)Nc2cccc(NC(=O)C(C)n3cccn3)c2)cc(OC)c1OC. The van der Waals surface area contributed by atoms with Crippen molar-refractivity contribution in [2.24, 2.45) is 0 Å². The molecule has 0 fully saturated rings. The number of carbonyl (C=O) groups is 2. The number of rotatable bonds is 9. The van der Waals surface area contributed by atoms with Crippen LogP contribution in [0.2, 0.25) is 0 Å². The first-order chi connectivity index (χ1) is 15.4. The van der Waals surface area contributed by atoms with Crippen LogP contribution in [0.5, 0.6) is 17.2 Å². The number of nitrogens with one attached hydrogen (secondary N) is 2. The van der Waals surface area contributed by atoms with Crippen molar-refractivity contribution in [3.05, 3.63) is 60.4 Å². The number of anilines is 2. The number of methoxy groups -OCH3 is 3. The molecule has 2 aromatic carbocycles. The van der Waals surface area contributed by atoms with Crippen molar-refractivity contribution in [1.29, 1.82) is 0 Å². The highest BCUT2D eigenvalue weighted by Crippen LogP contribution is 2.38. The average Bonchev–Trinajstić information content (AvgIpc) is 3.32. The van der Waals surface area contributed by atoms with Crippen molar-refractivity contribution in [2.75, 3.05) is 32.0 Å². The molecule has 0 aliphatic heterocycles. The van der Waals surface area contributed by atoms with Crippen LogP contribution in [0.15, 0.2) is 54.9 Å². The molecular weight excluding hydrogens is 412 g/mol. The predicted octanol–water partition coefficient (Wildman–Crippen LogP) is 3.29. The van der Waals surface area contributed by atoms with E-state index in [-0.39, 0.29) is 18.2 Å². The molecule has 168 valence electrons. The monoisotopic (exact) mass is 438 g/mol. The molecule has 0 saturated carbocycles. The second-order valence-electron chi connectivity index (χ2n) is 6.99. The van der Waals surface area contributed by atoms with E-state index in [0.717, 1.165) is 0 Å². The number of hydrogen-bond acceptors (Lipinski definition) is 6. The van der Waals surface area contributed by atoms with E-state index in [9.17, 15) is 9.59 Å². The molecule has 0 aliphatic rings. The van der Waals surface area contributed by atoms with Crippen LogP contribution in [0.1, 0.15) is 18.5 Å². The van der Waals surface area contributed by atoms with Gasteiger partial charge in [-0.2, -0.15) is 5.10 Å². The Morgan fingerprint density at radius 1 is 0.969 bits per heavy atom. The summed E-state index contributed by atoms with van der Waals surface area (Å²) in [6.45, 7) is 1.76. The molecule has 0 bridgehead atoms. The lowest BCUT2D eigenvalue weighted by molar-refractivity contribution is -0.119. The number of ether oxygens (including phenoxy) is 3. The highest BCUT2D eigenvalue weighted by atomic mass is 16.5. The molecule has 1 atom stereocenters. The van der Waals surface area contributed by atoms with Crippen LogP contribution in [-0.2, 0) is 16.0 Å². The topological polar surface area (TPSA) is 104 Å². The summed E-state index contributed by atoms with van der Waals surface area (Å²) in [5.41, 5.74) is 1.83. The minimum Gasteiger partial charge on any atom is -0.493 e. The van der Waals surface area contributed by atoms with Crippen LogP contribution < -0.4 is 24.8 Å². The van der Waals surface area contributed by atoms with Crippen LogP contribution in [0.4, 0.5) is 11.4 Å². The molecule has 3 rings (SSSR count). The number of hydrogen-bond donors (Lipinski definition) is 2. The zero-order valence-corrected chi connectivity index (χ0v) is 18.4. The molecular formula is C23H26N4O5. The Balaban J connectivity index is 1.66. The van der Waals surface area contributed by atoms with E-state index in [0.29, 0.717) is 34.2 Å². The Morgan fingerprint density at radius 3 is 2.19 bits per heavy atom. The van der Waals surface area contributed by atoms with Crippen molar-refractivity contribution in [1.82, 2.24) is 9.78 Å². The molecule has 2 amide bonds. The number of carbonyl (C=O) groups excluding carboxylic acids is 2. The van der Waals surface area contributed by atoms with Gasteiger partial charge >= 0.3 is 0 Å². The summed E-state index contributed by atoms with van der Waals surface area (Å²) >= 11 is 0. The molecule has 2 N–H and O–H groups in total. The molecule has 1 unspecified atom stereocenters. The van der Waals surface area contributed by atoms with E-state index < -0.39 is 6.04 Å². The van der Waals surface area contributed by atoms with Crippen molar-refractivity contribution < 1.29 is 23.8 Å². The smallest absolute Gasteiger partial charge is 0.248 e. The van der Waals surface area contributed by atoms with Gasteiger partial charge in [-0.15, -0.1) is 0 Å². The van der Waals surface area contributed by atoms with E-state index in [1.165, 1.54) is 21.3 Å². The van der Waals surface area contributed by atoms with Crippen molar-refractivity contribution in [3.63, 3.8) is 0 Å². The molecule has 0 radical (unpaired) electrons. The summed E-state index contributed by atoms with van der Waals surface area (Å²) in [4.78, 5) is 25.1. The minimum absolute atomic E-state index is 0.101. The zero-order chi connectivity index (χ0) is 23.1. The van der Waals surface area contributed by atoms with Gasteiger partial charge in [-0.25, -0.2) is 0 Å². The Labute approximate surface area is 186 Å². The number of amides is 2. The van der Waals surface area contributed by atoms with Crippen LogP contribution in [0, 0.1) is 0 Å². The van der Waals surface area contributed by atoms with Gasteiger partial charge in [-0.3, -0.25) is 14.3 Å². The summed E-state index contributed by atoms with van der Waals surface area (Å²) in [7, 11) is 4.57. The molecule has 1 heterocycles. The Morgan fingerprint density at radius 2 is 1.62 bits per heavy atom. The van der Waals surface area contributed by atoms with E-state index in [1.807, 2.05) is 0 Å². The zero-order valence-electron chi connectivity index (χ0n) is 18.4. The first-order valence-corrected chi connectivity index (χ1v) is 9.94. The maximum Gasteiger partial charge on any atom is 0.248 e. The maximum atomic E-state index is 12.6. The lowest BCUT2D eigenvalue weighted by Crippen LogP contribution is -2.24. The molecule has 9 heteroatoms. The maximum absolute atomic E-state index is 12.6. The normalized spacial score (nSPS) is 11.4. The second-order valence-corrected chi connectivity index (χ2v) is 6.99. The van der Waals surface area contributed by atoms with Gasteiger partial charge in [-0.05, 0) is 48.9 Å². The van der Waals surface area contributed by atoms with Gasteiger partial charge in [0.15, 0.2) is 11.5 Å². The van der Waals surface area contributed by atoms with Gasteiger partial charge in [0.25, 0.3) is 0 Å². The van der Waals surface area contributed by atoms with Gasteiger partial charge in [0.05, 0.1) is 27.8 Å². The fourth-order valence-corrected chi connectivity index (χ4v) is 3.18. The molecule has 0 spiro atoms. The highest BCUT2D eigenvalue weighted by molar-refractivity contribution is 5.96. The lowest BCUT2D eigenvalue weighted by atomic mass is 10.1. The predicted molar refractivity (Wildman–Crippen MR) is 120 cm³/mol. The van der Waals surface area contributed by atoms with Crippen molar-refractivity contribution in [2.45, 2.75) is 19.4 Å². The van der Waals surface area contributed by atoms with Gasteiger partial charge in [0.1, 0.15) is 6.04 Å². The number of aromatic nitrogens is 2. The van der Waals surface area contributed by atoms with Crippen molar-refractivity contribution in [3.8, 4) is 17.2 Å². The molecule has 9 nitrogen and oxygen atoms in total. The fraction of sp³-hybridized carbons (Fsp3) is 0.261. The number of nitrogens with zero attached hydrogens (tertiary/aromatic N) is 2. The van der Waals surface area contributed by atoms with Crippen LogP contribution in [0.25, 0.3) is 0 Å². The molecule has 3 aromatic rings. The summed E-state index contributed by atoms with van der Waals surface area (Å²) in [6.07, 6.45) is 3.45. The van der Waals surface area contributed by atoms with E-state index in [4.69, 9.17) is 14.2 Å². The Hall–Kier alpha value is -4.01. The third kappa shape index (κ3) is 5.37. The standard InChI is InChI=1S/C23H26N4O5/c1-15(27-10-6-9-24-27)23(29)26-18-8-5-7-17(14-18)25-21(28)13-16-11-19(30-2)22(32-4)20(12-16)31-3/h5-12,14-15H,13H2,1-4H3,(H,25,28)(H,26,29). The van der Waals surface area contributed by atoms with Crippen LogP contribution in [-0.4, -0.2) is 42.9 Å². The summed E-state index contributed by atoms with van der Waals surface area (Å²) in [5.74, 6) is 0.977. The number of benzene rings is 2. The highest BCUT2D eigenvalue weighted by Gasteiger charge is 2.17. The van der Waals surface area contributed by atoms with Crippen molar-refractivity contribution >= 4 is 23.2 Å². The quantitative estimate of drug-likeness (QED) is 0.531. The van der Waals surface area contributed by atoms with E-state index >= 15 is 0 Å². The first-order valence-electron chi connectivity index (χ1n) is 9.94. The second kappa shape index (κ2) is 10.3. The molecule has 1 aromatic heterocycles. The van der Waals surface area contributed by atoms with Gasteiger partial charge in [-0.1, -0.05) is 6.07 Å². The van der Waals surface area contributed by atoms with Gasteiger partial charge < -0.3 is 24.8 Å². The van der Waals surface area contributed by atoms with Gasteiger partial charge in [0.2, 0.25) is 17.6 Å². The van der Waals surface area contributed by atoms with Crippen LogP contribution in [0.3, 0.4) is 0 Å². The van der Waals surface area contributed by atoms with Gasteiger partial charge in [0, 0.05) is 23.8 Å². The summed E-state index contributed by atoms with van der Waals surface area (Å²) in [6, 6.07) is 11.7. The average molecular weight is 438 g/mol. The molecule has 0 aliphatic carbocycles.